The molecule has 1 unspecified atom stereocenters. The van der Waals surface area contributed by atoms with E-state index >= 15 is 0 Å². The summed E-state index contributed by atoms with van der Waals surface area (Å²) in [5, 5.41) is 8.00. The fraction of sp³-hybridized carbons (Fsp3) is 0.714. The van der Waals surface area contributed by atoms with E-state index < -0.39 is 0 Å². The van der Waals surface area contributed by atoms with Gasteiger partial charge >= 0.3 is 0 Å². The van der Waals surface area contributed by atoms with Crippen LogP contribution in [0.2, 0.25) is 0 Å². The number of hydrogen-bond donors (Lipinski definition) is 1. The van der Waals surface area contributed by atoms with Gasteiger partial charge in [0.05, 0.1) is 5.69 Å². The molecule has 118 valence electrons. The molecular formula is C14H23ClN4OS. The van der Waals surface area contributed by atoms with Crippen molar-refractivity contribution in [3.05, 3.63) is 18.0 Å². The van der Waals surface area contributed by atoms with Crippen molar-refractivity contribution in [3.63, 3.8) is 0 Å². The standard InChI is InChI=1S/C14H22N4OS.ClH/c19-14(17-6-8-20-9-7-17)11-18-5-3-13(16-18)12-2-1-4-15-10-12;/h3,5,12,15H,1-2,4,6-11H2;1H. The van der Waals surface area contributed by atoms with Crippen LogP contribution >= 0.6 is 24.2 Å². The molecule has 2 saturated heterocycles. The Hall–Kier alpha value is -0.720. The number of carbonyl (C=O) groups excluding carboxylic acids is 1. The van der Waals surface area contributed by atoms with Crippen LogP contribution in [0, 0.1) is 0 Å². The maximum Gasteiger partial charge on any atom is 0.244 e. The Labute approximate surface area is 136 Å². The maximum atomic E-state index is 12.2. The van der Waals surface area contributed by atoms with Gasteiger partial charge in [-0.05, 0) is 25.5 Å². The Balaban J connectivity index is 0.00000161. The van der Waals surface area contributed by atoms with Crippen molar-refractivity contribution in [2.45, 2.75) is 25.3 Å². The summed E-state index contributed by atoms with van der Waals surface area (Å²) in [5.74, 6) is 2.82. The van der Waals surface area contributed by atoms with Gasteiger partial charge < -0.3 is 10.2 Å². The highest BCUT2D eigenvalue weighted by Gasteiger charge is 2.20. The summed E-state index contributed by atoms with van der Waals surface area (Å²) in [6.07, 6.45) is 4.35. The third kappa shape index (κ3) is 4.37. The van der Waals surface area contributed by atoms with Gasteiger partial charge in [-0.15, -0.1) is 12.4 Å². The largest absolute Gasteiger partial charge is 0.339 e. The van der Waals surface area contributed by atoms with Gasteiger partial charge in [0.15, 0.2) is 0 Å². The lowest BCUT2D eigenvalue weighted by Gasteiger charge is -2.26. The van der Waals surface area contributed by atoms with Crippen LogP contribution < -0.4 is 5.32 Å². The predicted molar refractivity (Wildman–Crippen MR) is 88.2 cm³/mol. The van der Waals surface area contributed by atoms with Crippen molar-refractivity contribution in [3.8, 4) is 0 Å². The van der Waals surface area contributed by atoms with Crippen LogP contribution in [0.25, 0.3) is 0 Å². The van der Waals surface area contributed by atoms with E-state index in [1.54, 1.807) is 4.68 Å². The van der Waals surface area contributed by atoms with E-state index in [0.717, 1.165) is 43.4 Å². The van der Waals surface area contributed by atoms with Gasteiger partial charge in [-0.2, -0.15) is 16.9 Å². The first-order chi connectivity index (χ1) is 9.83. The van der Waals surface area contributed by atoms with Crippen LogP contribution in [0.15, 0.2) is 12.3 Å². The number of halogens is 1. The Bertz CT molecular complexity index is 456. The molecule has 2 fully saturated rings. The highest BCUT2D eigenvalue weighted by Crippen LogP contribution is 2.21. The van der Waals surface area contributed by atoms with Gasteiger partial charge in [0.25, 0.3) is 0 Å². The van der Waals surface area contributed by atoms with Crippen molar-refractivity contribution >= 4 is 30.1 Å². The number of aromatic nitrogens is 2. The molecule has 7 heteroatoms. The average Bonchev–Trinajstić information content (AvgIpc) is 2.97. The first-order valence-electron chi connectivity index (χ1n) is 7.42. The summed E-state index contributed by atoms with van der Waals surface area (Å²) >= 11 is 1.92. The molecular weight excluding hydrogens is 308 g/mol. The Morgan fingerprint density at radius 2 is 2.24 bits per heavy atom. The smallest absolute Gasteiger partial charge is 0.244 e. The molecule has 0 spiro atoms. The molecule has 1 aromatic rings. The lowest BCUT2D eigenvalue weighted by atomic mass is 9.97. The minimum absolute atomic E-state index is 0. The molecule has 1 atom stereocenters. The molecule has 3 heterocycles. The van der Waals surface area contributed by atoms with Crippen LogP contribution in [0.1, 0.15) is 24.5 Å². The zero-order valence-electron chi connectivity index (χ0n) is 12.2. The summed E-state index contributed by atoms with van der Waals surface area (Å²) < 4.78 is 1.80. The van der Waals surface area contributed by atoms with Gasteiger partial charge in [-0.25, -0.2) is 0 Å². The summed E-state index contributed by atoms with van der Waals surface area (Å²) in [5.41, 5.74) is 1.12. The summed E-state index contributed by atoms with van der Waals surface area (Å²) in [7, 11) is 0. The van der Waals surface area contributed by atoms with E-state index in [0.29, 0.717) is 12.5 Å². The van der Waals surface area contributed by atoms with Crippen LogP contribution in [-0.4, -0.2) is 58.3 Å². The van der Waals surface area contributed by atoms with Crippen LogP contribution in [0.5, 0.6) is 0 Å². The first-order valence-corrected chi connectivity index (χ1v) is 8.58. The van der Waals surface area contributed by atoms with Gasteiger partial charge in [-0.3, -0.25) is 9.48 Å². The molecule has 5 nitrogen and oxygen atoms in total. The van der Waals surface area contributed by atoms with E-state index in [1.165, 1.54) is 12.8 Å². The molecule has 1 amide bonds. The Kier molecular flexibility index (Phi) is 6.39. The normalized spacial score (nSPS) is 22.7. The molecule has 3 rings (SSSR count). The van der Waals surface area contributed by atoms with E-state index in [1.807, 2.05) is 22.9 Å². The molecule has 1 aromatic heterocycles. The van der Waals surface area contributed by atoms with Gasteiger partial charge in [-0.1, -0.05) is 0 Å². The summed E-state index contributed by atoms with van der Waals surface area (Å²) in [6.45, 7) is 4.26. The van der Waals surface area contributed by atoms with E-state index in [9.17, 15) is 4.79 Å². The van der Waals surface area contributed by atoms with E-state index in [4.69, 9.17) is 0 Å². The number of piperidine rings is 1. The summed E-state index contributed by atoms with van der Waals surface area (Å²) in [4.78, 5) is 14.2. The van der Waals surface area contributed by atoms with Gasteiger partial charge in [0.1, 0.15) is 6.54 Å². The van der Waals surface area contributed by atoms with Crippen molar-refractivity contribution in [1.82, 2.24) is 20.0 Å². The molecule has 2 aliphatic rings. The molecule has 0 aliphatic carbocycles. The van der Waals surface area contributed by atoms with Crippen molar-refractivity contribution in [2.24, 2.45) is 0 Å². The Morgan fingerprint density at radius 3 is 2.95 bits per heavy atom. The zero-order chi connectivity index (χ0) is 13.8. The Morgan fingerprint density at radius 1 is 1.43 bits per heavy atom. The fourth-order valence-electron chi connectivity index (χ4n) is 2.84. The molecule has 0 bridgehead atoms. The average molecular weight is 331 g/mol. The first kappa shape index (κ1) is 16.6. The number of nitrogens with one attached hydrogen (secondary N) is 1. The topological polar surface area (TPSA) is 50.2 Å². The number of carbonyl (C=O) groups is 1. The molecule has 2 aliphatic heterocycles. The number of nitrogens with zero attached hydrogens (tertiary/aromatic N) is 3. The quantitative estimate of drug-likeness (QED) is 0.909. The third-order valence-corrected chi connectivity index (χ3v) is 4.98. The minimum Gasteiger partial charge on any atom is -0.339 e. The third-order valence-electron chi connectivity index (χ3n) is 4.04. The van der Waals surface area contributed by atoms with Crippen molar-refractivity contribution in [2.75, 3.05) is 37.7 Å². The van der Waals surface area contributed by atoms with Gasteiger partial charge in [0.2, 0.25) is 5.91 Å². The number of thioether (sulfide) groups is 1. The molecule has 0 saturated carbocycles. The second kappa shape index (κ2) is 8.06. The van der Waals surface area contributed by atoms with Crippen LogP contribution in [-0.2, 0) is 11.3 Å². The zero-order valence-corrected chi connectivity index (χ0v) is 13.8. The van der Waals surface area contributed by atoms with Gasteiger partial charge in [0, 0.05) is 43.3 Å². The highest BCUT2D eigenvalue weighted by atomic mass is 35.5. The van der Waals surface area contributed by atoms with Crippen LogP contribution in [0.3, 0.4) is 0 Å². The highest BCUT2D eigenvalue weighted by molar-refractivity contribution is 7.99. The molecule has 21 heavy (non-hydrogen) atoms. The van der Waals surface area contributed by atoms with E-state index in [2.05, 4.69) is 16.5 Å². The lowest BCUT2D eigenvalue weighted by Crippen LogP contribution is -2.39. The molecule has 0 aromatic carbocycles. The van der Waals surface area contributed by atoms with E-state index in [-0.39, 0.29) is 18.3 Å². The lowest BCUT2D eigenvalue weighted by molar-refractivity contribution is -0.131. The fourth-order valence-corrected chi connectivity index (χ4v) is 3.74. The maximum absolute atomic E-state index is 12.2. The minimum atomic E-state index is 0. The molecule has 0 radical (unpaired) electrons. The molecule has 1 N–H and O–H groups in total. The SMILES string of the molecule is Cl.O=C(Cn1ccc(C2CCCNC2)n1)N1CCSCC1. The monoisotopic (exact) mass is 330 g/mol. The summed E-state index contributed by atoms with van der Waals surface area (Å²) in [6, 6.07) is 2.07. The number of amides is 1. The number of rotatable bonds is 3. The second-order valence-corrected chi connectivity index (χ2v) is 6.70. The van der Waals surface area contributed by atoms with Crippen LogP contribution in [0.4, 0.5) is 0 Å². The second-order valence-electron chi connectivity index (χ2n) is 5.47. The number of hydrogen-bond acceptors (Lipinski definition) is 4. The van der Waals surface area contributed by atoms with Crippen molar-refractivity contribution in [1.29, 1.82) is 0 Å². The van der Waals surface area contributed by atoms with Crippen molar-refractivity contribution < 1.29 is 4.79 Å². The predicted octanol–water partition coefficient (Wildman–Crippen LogP) is 1.35.